The fraction of sp³-hybridized carbons (Fsp3) is 0.300. The first-order valence-electron chi connectivity index (χ1n) is 4.54. The van der Waals surface area contributed by atoms with Crippen molar-refractivity contribution in [3.63, 3.8) is 0 Å². The number of nitrogens with two attached hydrogens (primary N) is 1. The van der Waals surface area contributed by atoms with Gasteiger partial charge in [0.15, 0.2) is 0 Å². The zero-order valence-corrected chi connectivity index (χ0v) is 8.01. The van der Waals surface area contributed by atoms with Gasteiger partial charge in [0.05, 0.1) is 11.8 Å². The molecule has 0 spiro atoms. The molecule has 3 N–H and O–H groups in total. The van der Waals surface area contributed by atoms with E-state index in [-0.39, 0.29) is 6.54 Å². The summed E-state index contributed by atoms with van der Waals surface area (Å²) < 4.78 is 1.92. The fourth-order valence-electron chi connectivity index (χ4n) is 1.47. The van der Waals surface area contributed by atoms with E-state index in [1.807, 2.05) is 35.9 Å². The summed E-state index contributed by atoms with van der Waals surface area (Å²) >= 11 is 0. The van der Waals surface area contributed by atoms with Crippen molar-refractivity contribution in [2.45, 2.75) is 13.0 Å². The SMILES string of the molecule is Cc1cn2ccc(C(O)CN)cc2n1. The van der Waals surface area contributed by atoms with Crippen LogP contribution in [0.15, 0.2) is 24.5 Å². The molecule has 1 unspecified atom stereocenters. The molecule has 2 heterocycles. The summed E-state index contributed by atoms with van der Waals surface area (Å²) in [5, 5.41) is 9.53. The van der Waals surface area contributed by atoms with Crippen LogP contribution in [-0.2, 0) is 0 Å². The van der Waals surface area contributed by atoms with E-state index < -0.39 is 6.10 Å². The number of pyridine rings is 1. The van der Waals surface area contributed by atoms with Crippen LogP contribution < -0.4 is 5.73 Å². The van der Waals surface area contributed by atoms with Crippen molar-refractivity contribution in [2.24, 2.45) is 5.73 Å². The van der Waals surface area contributed by atoms with Crippen molar-refractivity contribution in [3.05, 3.63) is 35.8 Å². The van der Waals surface area contributed by atoms with E-state index in [1.54, 1.807) is 0 Å². The highest BCUT2D eigenvalue weighted by molar-refractivity contribution is 5.43. The zero-order valence-electron chi connectivity index (χ0n) is 8.01. The van der Waals surface area contributed by atoms with Gasteiger partial charge >= 0.3 is 0 Å². The van der Waals surface area contributed by atoms with Crippen LogP contribution in [0.4, 0.5) is 0 Å². The van der Waals surface area contributed by atoms with Crippen LogP contribution in [0.25, 0.3) is 5.65 Å². The van der Waals surface area contributed by atoms with Gasteiger partial charge in [-0.2, -0.15) is 0 Å². The van der Waals surface area contributed by atoms with Crippen molar-refractivity contribution in [2.75, 3.05) is 6.54 Å². The summed E-state index contributed by atoms with van der Waals surface area (Å²) in [7, 11) is 0. The Kier molecular flexibility index (Phi) is 2.23. The van der Waals surface area contributed by atoms with E-state index in [1.165, 1.54) is 0 Å². The third-order valence-corrected chi connectivity index (χ3v) is 2.21. The molecular weight excluding hydrogens is 178 g/mol. The van der Waals surface area contributed by atoms with Gasteiger partial charge in [-0.15, -0.1) is 0 Å². The van der Waals surface area contributed by atoms with Gasteiger partial charge in [-0.05, 0) is 24.6 Å². The van der Waals surface area contributed by atoms with E-state index >= 15 is 0 Å². The molecule has 0 fully saturated rings. The standard InChI is InChI=1S/C10H13N3O/c1-7-6-13-3-2-8(9(14)5-11)4-10(13)12-7/h2-4,6,9,14H,5,11H2,1H3. The number of aromatic nitrogens is 2. The number of aliphatic hydroxyl groups excluding tert-OH is 1. The first kappa shape index (κ1) is 9.18. The Morgan fingerprint density at radius 3 is 3.14 bits per heavy atom. The summed E-state index contributed by atoms with van der Waals surface area (Å²) in [6.45, 7) is 2.17. The van der Waals surface area contributed by atoms with Crippen LogP contribution in [0.2, 0.25) is 0 Å². The van der Waals surface area contributed by atoms with E-state index in [0.29, 0.717) is 0 Å². The zero-order chi connectivity index (χ0) is 10.1. The van der Waals surface area contributed by atoms with Crippen LogP contribution in [0.1, 0.15) is 17.4 Å². The third kappa shape index (κ3) is 1.49. The largest absolute Gasteiger partial charge is 0.387 e. The Morgan fingerprint density at radius 2 is 2.43 bits per heavy atom. The monoisotopic (exact) mass is 191 g/mol. The Morgan fingerprint density at radius 1 is 1.64 bits per heavy atom. The summed E-state index contributed by atoms with van der Waals surface area (Å²) in [5.74, 6) is 0. The number of imidazole rings is 1. The van der Waals surface area contributed by atoms with Crippen molar-refractivity contribution >= 4 is 5.65 Å². The van der Waals surface area contributed by atoms with E-state index in [2.05, 4.69) is 4.98 Å². The normalized spacial score (nSPS) is 13.4. The molecule has 2 rings (SSSR count). The summed E-state index contributed by atoms with van der Waals surface area (Å²) in [5.41, 5.74) is 7.99. The molecule has 74 valence electrons. The summed E-state index contributed by atoms with van der Waals surface area (Å²) in [6, 6.07) is 3.70. The molecule has 0 amide bonds. The molecule has 2 aromatic heterocycles. The molecule has 1 atom stereocenters. The number of aliphatic hydroxyl groups is 1. The highest BCUT2D eigenvalue weighted by Crippen LogP contribution is 2.14. The Bertz CT molecular complexity index is 450. The van der Waals surface area contributed by atoms with Crippen LogP contribution in [0.5, 0.6) is 0 Å². The fourth-order valence-corrected chi connectivity index (χ4v) is 1.47. The van der Waals surface area contributed by atoms with Crippen molar-refractivity contribution < 1.29 is 5.11 Å². The average Bonchev–Trinajstić information content (AvgIpc) is 2.55. The molecular formula is C10H13N3O. The Hall–Kier alpha value is -1.39. The third-order valence-electron chi connectivity index (χ3n) is 2.21. The minimum atomic E-state index is -0.600. The van der Waals surface area contributed by atoms with Crippen LogP contribution in [-0.4, -0.2) is 21.0 Å². The van der Waals surface area contributed by atoms with Crippen LogP contribution >= 0.6 is 0 Å². The number of nitrogens with zero attached hydrogens (tertiary/aromatic N) is 2. The highest BCUT2D eigenvalue weighted by atomic mass is 16.3. The van der Waals surface area contributed by atoms with Gasteiger partial charge in [0.2, 0.25) is 0 Å². The Balaban J connectivity index is 2.50. The summed E-state index contributed by atoms with van der Waals surface area (Å²) in [6.07, 6.45) is 3.22. The molecule has 0 saturated heterocycles. The van der Waals surface area contributed by atoms with Gasteiger partial charge in [-0.1, -0.05) is 0 Å². The molecule has 4 nitrogen and oxygen atoms in total. The van der Waals surface area contributed by atoms with Gasteiger partial charge in [0.25, 0.3) is 0 Å². The number of hydrogen-bond donors (Lipinski definition) is 2. The predicted octanol–water partition coefficient (Wildman–Crippen LogP) is 0.635. The molecule has 0 aliphatic rings. The molecule has 0 aromatic carbocycles. The molecule has 2 aromatic rings. The minimum Gasteiger partial charge on any atom is -0.387 e. The van der Waals surface area contributed by atoms with Gasteiger partial charge in [0.1, 0.15) is 5.65 Å². The number of aryl methyl sites for hydroxylation is 1. The smallest absolute Gasteiger partial charge is 0.137 e. The second-order valence-electron chi connectivity index (χ2n) is 3.36. The lowest BCUT2D eigenvalue weighted by atomic mass is 10.1. The molecule has 14 heavy (non-hydrogen) atoms. The highest BCUT2D eigenvalue weighted by Gasteiger charge is 2.06. The minimum absolute atomic E-state index is 0.232. The van der Waals surface area contributed by atoms with E-state index in [9.17, 15) is 5.11 Å². The lowest BCUT2D eigenvalue weighted by Gasteiger charge is -2.07. The predicted molar refractivity (Wildman–Crippen MR) is 53.9 cm³/mol. The molecule has 0 saturated carbocycles. The second-order valence-corrected chi connectivity index (χ2v) is 3.36. The molecule has 0 aliphatic carbocycles. The molecule has 4 heteroatoms. The summed E-state index contributed by atoms with van der Waals surface area (Å²) in [4.78, 5) is 4.30. The van der Waals surface area contributed by atoms with Crippen molar-refractivity contribution in [1.82, 2.24) is 9.38 Å². The average molecular weight is 191 g/mol. The van der Waals surface area contributed by atoms with E-state index in [4.69, 9.17) is 5.73 Å². The van der Waals surface area contributed by atoms with Gasteiger partial charge in [-0.3, -0.25) is 0 Å². The topological polar surface area (TPSA) is 63.5 Å². The molecule has 0 bridgehead atoms. The van der Waals surface area contributed by atoms with Gasteiger partial charge in [-0.25, -0.2) is 4.98 Å². The second kappa shape index (κ2) is 3.40. The van der Waals surface area contributed by atoms with Crippen molar-refractivity contribution in [3.8, 4) is 0 Å². The lowest BCUT2D eigenvalue weighted by Crippen LogP contribution is -2.11. The van der Waals surface area contributed by atoms with Gasteiger partial charge in [0, 0.05) is 18.9 Å². The Labute approximate surface area is 82.0 Å². The van der Waals surface area contributed by atoms with E-state index in [0.717, 1.165) is 16.9 Å². The molecule has 0 radical (unpaired) electrons. The van der Waals surface area contributed by atoms with Gasteiger partial charge < -0.3 is 15.2 Å². The lowest BCUT2D eigenvalue weighted by molar-refractivity contribution is 0.187. The first-order valence-corrected chi connectivity index (χ1v) is 4.54. The maximum absolute atomic E-state index is 9.53. The number of hydrogen-bond acceptors (Lipinski definition) is 3. The number of fused-ring (bicyclic) bond motifs is 1. The number of rotatable bonds is 2. The maximum atomic E-state index is 9.53. The van der Waals surface area contributed by atoms with Crippen molar-refractivity contribution in [1.29, 1.82) is 0 Å². The van der Waals surface area contributed by atoms with Crippen LogP contribution in [0, 0.1) is 6.92 Å². The molecule has 0 aliphatic heterocycles. The van der Waals surface area contributed by atoms with Crippen LogP contribution in [0.3, 0.4) is 0 Å². The quantitative estimate of drug-likeness (QED) is 0.732. The first-order chi connectivity index (χ1) is 6.70. The maximum Gasteiger partial charge on any atom is 0.137 e.